The number of nitrogens with zero attached hydrogens (tertiary/aromatic N) is 4. The van der Waals surface area contributed by atoms with E-state index in [1.807, 2.05) is 30.5 Å². The van der Waals surface area contributed by atoms with Crippen LogP contribution in [-0.2, 0) is 0 Å². The first-order valence-electron chi connectivity index (χ1n) is 5.73. The van der Waals surface area contributed by atoms with Crippen molar-refractivity contribution < 1.29 is 0 Å². The van der Waals surface area contributed by atoms with Gasteiger partial charge in [-0.3, -0.25) is 4.98 Å². The molecular weight excluding hydrogens is 224 g/mol. The molecule has 88 valence electrons. The molecule has 0 saturated heterocycles. The van der Waals surface area contributed by atoms with E-state index in [-0.39, 0.29) is 0 Å². The molecule has 18 heavy (non-hydrogen) atoms. The fourth-order valence-corrected chi connectivity index (χ4v) is 1.74. The lowest BCUT2D eigenvalue weighted by Gasteiger charge is -1.99. The molecule has 2 heterocycles. The van der Waals surface area contributed by atoms with E-state index in [0.717, 1.165) is 16.9 Å². The van der Waals surface area contributed by atoms with Gasteiger partial charge in [0.25, 0.3) is 0 Å². The average molecular weight is 236 g/mol. The maximum absolute atomic E-state index is 4.17. The molecule has 3 rings (SSSR count). The number of hydrogen-bond donors (Lipinski definition) is 0. The molecule has 0 saturated carbocycles. The number of benzene rings is 1. The summed E-state index contributed by atoms with van der Waals surface area (Å²) in [4.78, 5) is 3.99. The van der Waals surface area contributed by atoms with E-state index in [2.05, 4.69) is 34.4 Å². The lowest BCUT2D eigenvalue weighted by molar-refractivity contribution is 0.803. The van der Waals surface area contributed by atoms with Crippen LogP contribution in [0.3, 0.4) is 0 Å². The quantitative estimate of drug-likeness (QED) is 0.687. The van der Waals surface area contributed by atoms with Gasteiger partial charge in [-0.05, 0) is 31.2 Å². The van der Waals surface area contributed by atoms with E-state index >= 15 is 0 Å². The van der Waals surface area contributed by atoms with E-state index in [4.69, 9.17) is 0 Å². The van der Waals surface area contributed by atoms with Crippen molar-refractivity contribution in [2.24, 2.45) is 0 Å². The minimum Gasteiger partial charge on any atom is -0.265 e. The van der Waals surface area contributed by atoms with Crippen LogP contribution in [-0.4, -0.2) is 20.0 Å². The number of hydrogen-bond acceptors (Lipinski definition) is 3. The van der Waals surface area contributed by atoms with Gasteiger partial charge in [-0.2, -0.15) is 0 Å². The van der Waals surface area contributed by atoms with Gasteiger partial charge in [0.05, 0.1) is 11.9 Å². The van der Waals surface area contributed by atoms with E-state index in [1.54, 1.807) is 17.1 Å². The Bertz CT molecular complexity index is 641. The summed E-state index contributed by atoms with van der Waals surface area (Å²) in [6.45, 7) is 2.06. The SMILES string of the molecule is Cc1ccc(-n2cc(-c3ccncc3)nn2)cc1. The highest BCUT2D eigenvalue weighted by molar-refractivity contribution is 5.57. The fourth-order valence-electron chi connectivity index (χ4n) is 1.74. The molecule has 2 aromatic heterocycles. The Morgan fingerprint density at radius 1 is 0.944 bits per heavy atom. The third kappa shape index (κ3) is 2.00. The molecule has 0 fully saturated rings. The van der Waals surface area contributed by atoms with Crippen LogP contribution in [0.15, 0.2) is 55.0 Å². The molecule has 0 aliphatic carbocycles. The number of rotatable bonds is 2. The molecular formula is C14H12N4. The Morgan fingerprint density at radius 2 is 1.67 bits per heavy atom. The molecule has 0 amide bonds. The summed E-state index contributed by atoms with van der Waals surface area (Å²) < 4.78 is 1.77. The van der Waals surface area contributed by atoms with Crippen molar-refractivity contribution in [2.75, 3.05) is 0 Å². The van der Waals surface area contributed by atoms with Gasteiger partial charge in [0.1, 0.15) is 5.69 Å². The predicted molar refractivity (Wildman–Crippen MR) is 69.3 cm³/mol. The van der Waals surface area contributed by atoms with Crippen molar-refractivity contribution in [2.45, 2.75) is 6.92 Å². The Labute approximate surface area is 105 Å². The zero-order chi connectivity index (χ0) is 12.4. The van der Waals surface area contributed by atoms with Crippen molar-refractivity contribution in [3.8, 4) is 16.9 Å². The summed E-state index contributed by atoms with van der Waals surface area (Å²) in [5.41, 5.74) is 4.10. The second kappa shape index (κ2) is 4.41. The summed E-state index contributed by atoms with van der Waals surface area (Å²) in [7, 11) is 0. The Morgan fingerprint density at radius 3 is 2.39 bits per heavy atom. The molecule has 3 aromatic rings. The molecule has 0 unspecified atom stereocenters. The molecule has 0 atom stereocenters. The Hall–Kier alpha value is -2.49. The van der Waals surface area contributed by atoms with Crippen LogP contribution >= 0.6 is 0 Å². The van der Waals surface area contributed by atoms with Crippen LogP contribution in [0.25, 0.3) is 16.9 Å². The summed E-state index contributed by atoms with van der Waals surface area (Å²) in [6.07, 6.45) is 5.42. The third-order valence-corrected chi connectivity index (χ3v) is 2.77. The lowest BCUT2D eigenvalue weighted by Crippen LogP contribution is -1.94. The van der Waals surface area contributed by atoms with Crippen LogP contribution in [0.5, 0.6) is 0 Å². The summed E-state index contributed by atoms with van der Waals surface area (Å²) in [5, 5.41) is 8.31. The second-order valence-corrected chi connectivity index (χ2v) is 4.12. The van der Waals surface area contributed by atoms with Gasteiger partial charge < -0.3 is 0 Å². The van der Waals surface area contributed by atoms with Crippen LogP contribution in [0.2, 0.25) is 0 Å². The first kappa shape index (κ1) is 10.7. The molecule has 0 aliphatic heterocycles. The maximum atomic E-state index is 4.17. The summed E-state index contributed by atoms with van der Waals surface area (Å²) in [5.74, 6) is 0. The largest absolute Gasteiger partial charge is 0.265 e. The number of aromatic nitrogens is 4. The number of pyridine rings is 1. The average Bonchev–Trinajstić information content (AvgIpc) is 2.90. The lowest BCUT2D eigenvalue weighted by atomic mass is 10.2. The zero-order valence-corrected chi connectivity index (χ0v) is 9.99. The molecule has 0 aliphatic rings. The number of aryl methyl sites for hydroxylation is 1. The topological polar surface area (TPSA) is 43.6 Å². The van der Waals surface area contributed by atoms with Crippen LogP contribution in [0.4, 0.5) is 0 Å². The smallest absolute Gasteiger partial charge is 0.113 e. The van der Waals surface area contributed by atoms with Gasteiger partial charge in [0.2, 0.25) is 0 Å². The summed E-state index contributed by atoms with van der Waals surface area (Å²) >= 11 is 0. The van der Waals surface area contributed by atoms with Gasteiger partial charge in [-0.15, -0.1) is 5.10 Å². The molecule has 4 heteroatoms. The van der Waals surface area contributed by atoms with Crippen LogP contribution < -0.4 is 0 Å². The highest BCUT2D eigenvalue weighted by Gasteiger charge is 2.04. The van der Waals surface area contributed by atoms with Gasteiger partial charge >= 0.3 is 0 Å². The minimum atomic E-state index is 0.845. The Kier molecular flexibility index (Phi) is 2.61. The van der Waals surface area contributed by atoms with Gasteiger partial charge in [0.15, 0.2) is 0 Å². The first-order chi connectivity index (χ1) is 8.83. The highest BCUT2D eigenvalue weighted by atomic mass is 15.4. The molecule has 1 aromatic carbocycles. The van der Waals surface area contributed by atoms with E-state index in [1.165, 1.54) is 5.56 Å². The summed E-state index contributed by atoms with van der Waals surface area (Å²) in [6, 6.07) is 12.0. The van der Waals surface area contributed by atoms with Gasteiger partial charge in [-0.25, -0.2) is 4.68 Å². The van der Waals surface area contributed by atoms with E-state index in [0.29, 0.717) is 0 Å². The van der Waals surface area contributed by atoms with Crippen molar-refractivity contribution >= 4 is 0 Å². The molecule has 0 radical (unpaired) electrons. The fraction of sp³-hybridized carbons (Fsp3) is 0.0714. The van der Waals surface area contributed by atoms with Crippen molar-refractivity contribution in [3.05, 3.63) is 60.6 Å². The van der Waals surface area contributed by atoms with Crippen LogP contribution in [0.1, 0.15) is 5.56 Å². The molecule has 0 N–H and O–H groups in total. The monoisotopic (exact) mass is 236 g/mol. The van der Waals surface area contributed by atoms with Crippen molar-refractivity contribution in [1.82, 2.24) is 20.0 Å². The normalized spacial score (nSPS) is 10.5. The predicted octanol–water partition coefficient (Wildman–Crippen LogP) is 2.64. The maximum Gasteiger partial charge on any atom is 0.113 e. The standard InChI is InChI=1S/C14H12N4/c1-11-2-4-13(5-3-11)18-10-14(16-17-18)12-6-8-15-9-7-12/h2-10H,1H3. The zero-order valence-electron chi connectivity index (χ0n) is 9.99. The highest BCUT2D eigenvalue weighted by Crippen LogP contribution is 2.16. The molecule has 0 spiro atoms. The van der Waals surface area contributed by atoms with Crippen molar-refractivity contribution in [1.29, 1.82) is 0 Å². The first-order valence-corrected chi connectivity index (χ1v) is 5.73. The van der Waals surface area contributed by atoms with Crippen molar-refractivity contribution in [3.63, 3.8) is 0 Å². The van der Waals surface area contributed by atoms with Gasteiger partial charge in [-0.1, -0.05) is 22.9 Å². The van der Waals surface area contributed by atoms with Crippen LogP contribution in [0, 0.1) is 6.92 Å². The Balaban J connectivity index is 1.97. The second-order valence-electron chi connectivity index (χ2n) is 4.12. The molecule has 4 nitrogen and oxygen atoms in total. The van der Waals surface area contributed by atoms with Gasteiger partial charge in [0, 0.05) is 18.0 Å². The van der Waals surface area contributed by atoms with E-state index in [9.17, 15) is 0 Å². The van der Waals surface area contributed by atoms with E-state index < -0.39 is 0 Å². The molecule has 0 bridgehead atoms. The minimum absolute atomic E-state index is 0.845. The third-order valence-electron chi connectivity index (χ3n) is 2.77.